The number of hydrogen-bond acceptors (Lipinski definition) is 4. The zero-order chi connectivity index (χ0) is 12.7. The zero-order valence-electron chi connectivity index (χ0n) is 11.4. The molecule has 2 fully saturated rings. The molecule has 2 aliphatic rings. The lowest BCUT2D eigenvalue weighted by atomic mass is 9.87. The molecule has 0 spiro atoms. The van der Waals surface area contributed by atoms with Crippen LogP contribution in [0.25, 0.3) is 0 Å². The smallest absolute Gasteiger partial charge is 0.213 e. The number of rotatable bonds is 3. The van der Waals surface area contributed by atoms with E-state index in [4.69, 9.17) is 4.74 Å². The fourth-order valence-electron chi connectivity index (χ4n) is 3.19. The van der Waals surface area contributed by atoms with Crippen molar-refractivity contribution in [3.63, 3.8) is 0 Å². The fraction of sp³-hybridized carbons (Fsp3) is 0.643. The first-order valence-electron chi connectivity index (χ1n) is 6.61. The van der Waals surface area contributed by atoms with Crippen LogP contribution in [-0.4, -0.2) is 54.1 Å². The number of methoxy groups -OCH3 is 1. The third-order valence-corrected chi connectivity index (χ3v) is 4.28. The van der Waals surface area contributed by atoms with Crippen LogP contribution in [0.5, 0.6) is 5.88 Å². The van der Waals surface area contributed by atoms with Crippen LogP contribution in [0.15, 0.2) is 12.3 Å². The molecule has 2 unspecified atom stereocenters. The van der Waals surface area contributed by atoms with Gasteiger partial charge in [-0.15, -0.1) is 0 Å². The van der Waals surface area contributed by atoms with E-state index in [1.54, 1.807) is 7.11 Å². The summed E-state index contributed by atoms with van der Waals surface area (Å²) in [5.41, 5.74) is 2.61. The molecule has 0 aliphatic carbocycles. The van der Waals surface area contributed by atoms with Crippen LogP contribution in [0.3, 0.4) is 0 Å². The second-order valence-corrected chi connectivity index (χ2v) is 5.59. The van der Waals surface area contributed by atoms with Gasteiger partial charge in [0.1, 0.15) is 0 Å². The number of piperidine rings is 1. The second-order valence-electron chi connectivity index (χ2n) is 5.59. The van der Waals surface area contributed by atoms with E-state index in [9.17, 15) is 0 Å². The van der Waals surface area contributed by atoms with Gasteiger partial charge in [0.05, 0.1) is 7.11 Å². The number of aryl methyl sites for hydroxylation is 1. The van der Waals surface area contributed by atoms with Crippen molar-refractivity contribution in [2.45, 2.75) is 32.0 Å². The molecule has 2 bridgehead atoms. The van der Waals surface area contributed by atoms with E-state index < -0.39 is 0 Å². The first-order valence-corrected chi connectivity index (χ1v) is 6.61. The van der Waals surface area contributed by atoms with Crippen molar-refractivity contribution >= 4 is 0 Å². The van der Waals surface area contributed by atoms with Gasteiger partial charge in [-0.1, -0.05) is 0 Å². The molecule has 0 radical (unpaired) electrons. The van der Waals surface area contributed by atoms with Gasteiger partial charge in [-0.3, -0.25) is 4.90 Å². The largest absolute Gasteiger partial charge is 0.481 e. The van der Waals surface area contributed by atoms with Crippen molar-refractivity contribution in [2.75, 3.05) is 27.2 Å². The Labute approximate surface area is 109 Å². The summed E-state index contributed by atoms with van der Waals surface area (Å²) < 4.78 is 5.15. The first-order chi connectivity index (χ1) is 8.67. The topological polar surface area (TPSA) is 28.6 Å². The molecule has 2 atom stereocenters. The summed E-state index contributed by atoms with van der Waals surface area (Å²) in [4.78, 5) is 9.38. The summed E-state index contributed by atoms with van der Waals surface area (Å²) in [6, 6.07) is 3.52. The SMILES string of the molecule is COc1cc(C)c(CN2C3CC2CN(C)C3)cn1. The monoisotopic (exact) mass is 247 g/mol. The van der Waals surface area contributed by atoms with Gasteiger partial charge < -0.3 is 9.64 Å². The number of piperazine rings is 1. The Morgan fingerprint density at radius 3 is 2.72 bits per heavy atom. The van der Waals surface area contributed by atoms with Crippen molar-refractivity contribution in [3.05, 3.63) is 23.4 Å². The maximum atomic E-state index is 5.15. The second kappa shape index (κ2) is 4.52. The summed E-state index contributed by atoms with van der Waals surface area (Å²) in [6.07, 6.45) is 3.33. The van der Waals surface area contributed by atoms with Crippen molar-refractivity contribution < 1.29 is 4.74 Å². The molecule has 0 saturated carbocycles. The van der Waals surface area contributed by atoms with Crippen LogP contribution in [0.1, 0.15) is 17.5 Å². The maximum absolute atomic E-state index is 5.15. The predicted octanol–water partition coefficient (Wildman–Crippen LogP) is 1.29. The molecule has 4 heteroatoms. The van der Waals surface area contributed by atoms with E-state index in [1.807, 2.05) is 12.3 Å². The molecule has 1 aromatic rings. The average Bonchev–Trinajstić information content (AvgIpc) is 2.36. The van der Waals surface area contributed by atoms with E-state index in [0.717, 1.165) is 18.6 Å². The lowest BCUT2D eigenvalue weighted by molar-refractivity contribution is -0.0669. The molecule has 18 heavy (non-hydrogen) atoms. The van der Waals surface area contributed by atoms with Gasteiger partial charge in [0, 0.05) is 44.0 Å². The zero-order valence-corrected chi connectivity index (χ0v) is 11.4. The van der Waals surface area contributed by atoms with Crippen LogP contribution in [0.2, 0.25) is 0 Å². The quantitative estimate of drug-likeness (QED) is 0.804. The third kappa shape index (κ3) is 1.99. The van der Waals surface area contributed by atoms with E-state index in [0.29, 0.717) is 5.88 Å². The molecule has 2 saturated heterocycles. The number of aromatic nitrogens is 1. The number of pyridine rings is 1. The van der Waals surface area contributed by atoms with Crippen molar-refractivity contribution in [2.24, 2.45) is 0 Å². The minimum Gasteiger partial charge on any atom is -0.481 e. The van der Waals surface area contributed by atoms with Gasteiger partial charge in [0.2, 0.25) is 5.88 Å². The lowest BCUT2D eigenvalue weighted by Crippen LogP contribution is -2.67. The number of likely N-dealkylation sites (tertiary alicyclic amines) is 2. The highest BCUT2D eigenvalue weighted by Crippen LogP contribution is 2.33. The normalized spacial score (nSPS) is 27.9. The molecular formula is C14H21N3O. The standard InChI is InChI=1S/C14H21N3O/c1-10-4-14(18-3)15-6-11(10)7-17-12-5-13(17)9-16(2)8-12/h4,6,12-13H,5,7-9H2,1-3H3. The van der Waals surface area contributed by atoms with Gasteiger partial charge in [-0.2, -0.15) is 0 Å². The Kier molecular flexibility index (Phi) is 2.99. The number of fused-ring (bicyclic) bond motifs is 2. The van der Waals surface area contributed by atoms with Gasteiger partial charge >= 0.3 is 0 Å². The van der Waals surface area contributed by atoms with Crippen LogP contribution < -0.4 is 4.74 Å². The summed E-state index contributed by atoms with van der Waals surface area (Å²) >= 11 is 0. The summed E-state index contributed by atoms with van der Waals surface area (Å²) in [6.45, 7) is 5.59. The molecule has 1 aromatic heterocycles. The Balaban J connectivity index is 1.70. The van der Waals surface area contributed by atoms with E-state index in [-0.39, 0.29) is 0 Å². The molecule has 3 heterocycles. The number of ether oxygens (including phenoxy) is 1. The maximum Gasteiger partial charge on any atom is 0.213 e. The highest BCUT2D eigenvalue weighted by molar-refractivity contribution is 5.28. The summed E-state index contributed by atoms with van der Waals surface area (Å²) in [7, 11) is 3.88. The molecule has 98 valence electrons. The van der Waals surface area contributed by atoms with Crippen molar-refractivity contribution in [3.8, 4) is 5.88 Å². The van der Waals surface area contributed by atoms with Gasteiger partial charge in [-0.25, -0.2) is 4.98 Å². The van der Waals surface area contributed by atoms with Crippen molar-refractivity contribution in [1.82, 2.24) is 14.8 Å². The number of likely N-dealkylation sites (N-methyl/N-ethyl adjacent to an activating group) is 1. The number of nitrogens with zero attached hydrogens (tertiary/aromatic N) is 3. The van der Waals surface area contributed by atoms with Gasteiger partial charge in [0.15, 0.2) is 0 Å². The third-order valence-electron chi connectivity index (χ3n) is 4.28. The van der Waals surface area contributed by atoms with E-state index in [2.05, 4.69) is 28.8 Å². The summed E-state index contributed by atoms with van der Waals surface area (Å²) in [5.74, 6) is 0.708. The van der Waals surface area contributed by atoms with Crippen LogP contribution in [0, 0.1) is 6.92 Å². The molecule has 0 N–H and O–H groups in total. The summed E-state index contributed by atoms with van der Waals surface area (Å²) in [5, 5.41) is 0. The molecule has 2 aliphatic heterocycles. The fourth-order valence-corrected chi connectivity index (χ4v) is 3.19. The Morgan fingerprint density at radius 1 is 1.39 bits per heavy atom. The van der Waals surface area contributed by atoms with Gasteiger partial charge in [-0.05, 0) is 31.5 Å². The first kappa shape index (κ1) is 11.9. The average molecular weight is 247 g/mol. The predicted molar refractivity (Wildman–Crippen MR) is 70.8 cm³/mol. The Bertz CT molecular complexity index is 437. The Morgan fingerprint density at radius 2 is 2.11 bits per heavy atom. The highest BCUT2D eigenvalue weighted by Gasteiger charge is 2.43. The number of hydrogen-bond donors (Lipinski definition) is 0. The molecule has 0 amide bonds. The van der Waals surface area contributed by atoms with Gasteiger partial charge in [0.25, 0.3) is 0 Å². The molecule has 3 rings (SSSR count). The molecule has 4 nitrogen and oxygen atoms in total. The van der Waals surface area contributed by atoms with Crippen molar-refractivity contribution in [1.29, 1.82) is 0 Å². The molecule has 0 aromatic carbocycles. The lowest BCUT2D eigenvalue weighted by Gasteiger charge is -2.56. The van der Waals surface area contributed by atoms with Crippen LogP contribution in [0.4, 0.5) is 0 Å². The highest BCUT2D eigenvalue weighted by atomic mass is 16.5. The van der Waals surface area contributed by atoms with E-state index in [1.165, 1.54) is 30.6 Å². The molecular weight excluding hydrogens is 226 g/mol. The minimum atomic E-state index is 0.708. The van der Waals surface area contributed by atoms with Crippen LogP contribution in [-0.2, 0) is 6.54 Å². The minimum absolute atomic E-state index is 0.708. The van der Waals surface area contributed by atoms with Crippen LogP contribution >= 0.6 is 0 Å². The van der Waals surface area contributed by atoms with E-state index >= 15 is 0 Å². The Hall–Kier alpha value is -1.13.